The SMILES string of the molecule is CN(C)CCc1noc(C(N)Cc2ccc(O)cc2)n1. The molecule has 0 bridgehead atoms. The summed E-state index contributed by atoms with van der Waals surface area (Å²) in [5.74, 6) is 1.37. The third kappa shape index (κ3) is 4.04. The first kappa shape index (κ1) is 14.5. The number of hydrogen-bond acceptors (Lipinski definition) is 6. The summed E-state index contributed by atoms with van der Waals surface area (Å²) in [6.45, 7) is 0.867. The minimum Gasteiger partial charge on any atom is -0.508 e. The van der Waals surface area contributed by atoms with Crippen LogP contribution >= 0.6 is 0 Å². The summed E-state index contributed by atoms with van der Waals surface area (Å²) >= 11 is 0. The van der Waals surface area contributed by atoms with Crippen molar-refractivity contribution in [2.45, 2.75) is 18.9 Å². The lowest BCUT2D eigenvalue weighted by molar-refractivity contribution is 0.346. The number of phenolic OH excluding ortho intramolecular Hbond substituents is 1. The van der Waals surface area contributed by atoms with Crippen LogP contribution in [0.5, 0.6) is 5.75 Å². The van der Waals surface area contributed by atoms with Gasteiger partial charge in [-0.05, 0) is 38.2 Å². The first-order valence-corrected chi connectivity index (χ1v) is 6.55. The molecule has 0 fully saturated rings. The topological polar surface area (TPSA) is 88.4 Å². The summed E-state index contributed by atoms with van der Waals surface area (Å²) in [4.78, 5) is 6.38. The zero-order chi connectivity index (χ0) is 14.5. The third-order valence-electron chi connectivity index (χ3n) is 2.98. The van der Waals surface area contributed by atoms with Crippen LogP contribution in [0, 0.1) is 0 Å². The standard InChI is InChI=1S/C14H20N4O2/c1-18(2)8-7-13-16-14(20-17-13)12(15)9-10-3-5-11(19)6-4-10/h3-6,12,19H,7-9,15H2,1-2H3. The lowest BCUT2D eigenvalue weighted by atomic mass is 10.1. The highest BCUT2D eigenvalue weighted by Gasteiger charge is 2.15. The highest BCUT2D eigenvalue weighted by atomic mass is 16.5. The van der Waals surface area contributed by atoms with Crippen LogP contribution in [0.2, 0.25) is 0 Å². The molecule has 0 aliphatic heterocycles. The predicted molar refractivity (Wildman–Crippen MR) is 75.3 cm³/mol. The number of benzene rings is 1. The predicted octanol–water partition coefficient (Wildman–Crippen LogP) is 1.12. The van der Waals surface area contributed by atoms with E-state index in [0.29, 0.717) is 18.1 Å². The van der Waals surface area contributed by atoms with Gasteiger partial charge in [-0.3, -0.25) is 0 Å². The zero-order valence-electron chi connectivity index (χ0n) is 11.8. The summed E-state index contributed by atoms with van der Waals surface area (Å²) in [5.41, 5.74) is 7.08. The highest BCUT2D eigenvalue weighted by molar-refractivity contribution is 5.26. The van der Waals surface area contributed by atoms with Crippen molar-refractivity contribution < 1.29 is 9.63 Å². The first-order chi connectivity index (χ1) is 9.54. The quantitative estimate of drug-likeness (QED) is 0.822. The number of aromatic hydroxyl groups is 1. The van der Waals surface area contributed by atoms with Crippen LogP contribution in [-0.2, 0) is 12.8 Å². The van der Waals surface area contributed by atoms with E-state index in [2.05, 4.69) is 15.0 Å². The normalized spacial score (nSPS) is 12.8. The maximum atomic E-state index is 9.24. The highest BCUT2D eigenvalue weighted by Crippen LogP contribution is 2.17. The molecule has 0 aliphatic carbocycles. The molecule has 2 aromatic rings. The molecule has 0 amide bonds. The molecule has 1 atom stereocenters. The second kappa shape index (κ2) is 6.49. The van der Waals surface area contributed by atoms with Crippen molar-refractivity contribution in [3.8, 4) is 5.75 Å². The van der Waals surface area contributed by atoms with Gasteiger partial charge >= 0.3 is 0 Å². The Labute approximate surface area is 118 Å². The van der Waals surface area contributed by atoms with Crippen molar-refractivity contribution in [3.63, 3.8) is 0 Å². The molecule has 1 heterocycles. The van der Waals surface area contributed by atoms with Crippen LogP contribution in [0.4, 0.5) is 0 Å². The number of phenols is 1. The number of likely N-dealkylation sites (N-methyl/N-ethyl adjacent to an activating group) is 1. The average molecular weight is 276 g/mol. The van der Waals surface area contributed by atoms with E-state index in [1.165, 1.54) is 0 Å². The number of nitrogens with two attached hydrogens (primary N) is 1. The summed E-state index contributed by atoms with van der Waals surface area (Å²) < 4.78 is 5.20. The van der Waals surface area contributed by atoms with E-state index in [-0.39, 0.29) is 11.8 Å². The van der Waals surface area contributed by atoms with Crippen LogP contribution in [-0.4, -0.2) is 40.8 Å². The lowest BCUT2D eigenvalue weighted by Crippen LogP contribution is -2.16. The Balaban J connectivity index is 1.95. The Kier molecular flexibility index (Phi) is 4.70. The molecule has 0 saturated carbocycles. The zero-order valence-corrected chi connectivity index (χ0v) is 11.8. The number of rotatable bonds is 6. The van der Waals surface area contributed by atoms with E-state index in [1.807, 2.05) is 26.2 Å². The minimum absolute atomic E-state index is 0.242. The molecule has 1 unspecified atom stereocenters. The van der Waals surface area contributed by atoms with E-state index < -0.39 is 0 Å². The number of nitrogens with zero attached hydrogens (tertiary/aromatic N) is 3. The van der Waals surface area contributed by atoms with Gasteiger partial charge in [0.1, 0.15) is 5.75 Å². The second-order valence-electron chi connectivity index (χ2n) is 5.08. The molecule has 6 nitrogen and oxygen atoms in total. The smallest absolute Gasteiger partial charge is 0.243 e. The molecular weight excluding hydrogens is 256 g/mol. The van der Waals surface area contributed by atoms with Gasteiger partial charge < -0.3 is 20.3 Å². The molecule has 0 aliphatic rings. The molecule has 20 heavy (non-hydrogen) atoms. The molecule has 1 aromatic heterocycles. The summed E-state index contributed by atoms with van der Waals surface area (Å²) in [5, 5.41) is 13.2. The maximum Gasteiger partial charge on any atom is 0.243 e. The van der Waals surface area contributed by atoms with Gasteiger partial charge in [0.15, 0.2) is 5.82 Å². The summed E-state index contributed by atoms with van der Waals surface area (Å²) in [6, 6.07) is 6.61. The van der Waals surface area contributed by atoms with Crippen molar-refractivity contribution in [3.05, 3.63) is 41.5 Å². The molecule has 108 valence electrons. The van der Waals surface area contributed by atoms with Crippen molar-refractivity contribution in [2.24, 2.45) is 5.73 Å². The fourth-order valence-electron chi connectivity index (χ4n) is 1.82. The Hall–Kier alpha value is -1.92. The Morgan fingerprint density at radius 3 is 2.65 bits per heavy atom. The van der Waals surface area contributed by atoms with Crippen LogP contribution < -0.4 is 5.73 Å². The van der Waals surface area contributed by atoms with Crippen LogP contribution in [0.15, 0.2) is 28.8 Å². The van der Waals surface area contributed by atoms with Gasteiger partial charge in [-0.2, -0.15) is 4.98 Å². The minimum atomic E-state index is -0.333. The Morgan fingerprint density at radius 2 is 2.00 bits per heavy atom. The average Bonchev–Trinajstić information content (AvgIpc) is 2.88. The van der Waals surface area contributed by atoms with E-state index >= 15 is 0 Å². The van der Waals surface area contributed by atoms with Gasteiger partial charge in [0, 0.05) is 13.0 Å². The van der Waals surface area contributed by atoms with Gasteiger partial charge in [-0.1, -0.05) is 17.3 Å². The Morgan fingerprint density at radius 1 is 1.30 bits per heavy atom. The van der Waals surface area contributed by atoms with Gasteiger partial charge in [0.2, 0.25) is 5.89 Å². The molecule has 6 heteroatoms. The van der Waals surface area contributed by atoms with Gasteiger partial charge in [0.05, 0.1) is 6.04 Å². The fraction of sp³-hybridized carbons (Fsp3) is 0.429. The van der Waals surface area contributed by atoms with E-state index in [9.17, 15) is 5.11 Å². The maximum absolute atomic E-state index is 9.24. The first-order valence-electron chi connectivity index (χ1n) is 6.55. The van der Waals surface area contributed by atoms with Gasteiger partial charge in [-0.25, -0.2) is 0 Å². The van der Waals surface area contributed by atoms with Gasteiger partial charge in [-0.15, -0.1) is 0 Å². The molecule has 3 N–H and O–H groups in total. The van der Waals surface area contributed by atoms with Crippen molar-refractivity contribution in [1.82, 2.24) is 15.0 Å². The molecule has 0 radical (unpaired) electrons. The van der Waals surface area contributed by atoms with Crippen molar-refractivity contribution in [2.75, 3.05) is 20.6 Å². The molecule has 0 spiro atoms. The molecule has 1 aromatic carbocycles. The monoisotopic (exact) mass is 276 g/mol. The fourth-order valence-corrected chi connectivity index (χ4v) is 1.82. The Bertz CT molecular complexity index is 536. The van der Waals surface area contributed by atoms with Gasteiger partial charge in [0.25, 0.3) is 0 Å². The molecule has 0 saturated heterocycles. The number of aromatic nitrogens is 2. The van der Waals surface area contributed by atoms with Crippen molar-refractivity contribution in [1.29, 1.82) is 0 Å². The van der Waals surface area contributed by atoms with E-state index in [0.717, 1.165) is 18.5 Å². The lowest BCUT2D eigenvalue weighted by Gasteiger charge is -2.07. The third-order valence-corrected chi connectivity index (χ3v) is 2.98. The van der Waals surface area contributed by atoms with Crippen LogP contribution in [0.1, 0.15) is 23.3 Å². The number of hydrogen-bond donors (Lipinski definition) is 2. The van der Waals surface area contributed by atoms with E-state index in [4.69, 9.17) is 10.3 Å². The van der Waals surface area contributed by atoms with Crippen LogP contribution in [0.25, 0.3) is 0 Å². The molecular formula is C14H20N4O2. The summed E-state index contributed by atoms with van der Waals surface area (Å²) in [7, 11) is 4.00. The largest absolute Gasteiger partial charge is 0.508 e. The second-order valence-corrected chi connectivity index (χ2v) is 5.08. The van der Waals surface area contributed by atoms with E-state index in [1.54, 1.807) is 12.1 Å². The summed E-state index contributed by atoms with van der Waals surface area (Å²) in [6.07, 6.45) is 1.33. The van der Waals surface area contributed by atoms with Crippen molar-refractivity contribution >= 4 is 0 Å². The van der Waals surface area contributed by atoms with Crippen LogP contribution in [0.3, 0.4) is 0 Å². The molecule has 2 rings (SSSR count).